The number of halogens is 1. The standard InChI is InChI=1S/C29H43ClO2/c1-2-3-4-5-7-21-10-12-22(13-11-21)23-14-19-27-24(20-23)8-6-9-28(27)29(31)32-26-17-15-25(30)16-18-26/h15-18,21-24,27-28H,2-14,19-20H2,1H3. The zero-order chi connectivity index (χ0) is 22.3. The smallest absolute Gasteiger partial charge is 0.314 e. The van der Waals surface area contributed by atoms with E-state index in [0.29, 0.717) is 16.7 Å². The summed E-state index contributed by atoms with van der Waals surface area (Å²) in [6.45, 7) is 2.30. The van der Waals surface area contributed by atoms with Gasteiger partial charge >= 0.3 is 5.97 Å². The molecule has 1 aromatic carbocycles. The number of esters is 1. The molecule has 0 bridgehead atoms. The lowest BCUT2D eigenvalue weighted by Gasteiger charge is -2.46. The fourth-order valence-corrected chi connectivity index (χ4v) is 7.35. The van der Waals surface area contributed by atoms with E-state index in [1.54, 1.807) is 24.3 Å². The molecule has 1 aromatic rings. The van der Waals surface area contributed by atoms with Crippen molar-refractivity contribution in [2.24, 2.45) is 35.5 Å². The summed E-state index contributed by atoms with van der Waals surface area (Å²) in [7, 11) is 0. The SMILES string of the molecule is CCCCCCC1CCC(C2CCC3C(CCCC3C(=O)Oc3ccc(Cl)cc3)C2)CC1. The molecule has 0 aromatic heterocycles. The Kier molecular flexibility index (Phi) is 8.98. The minimum absolute atomic E-state index is 0.0101. The van der Waals surface area contributed by atoms with Gasteiger partial charge in [-0.3, -0.25) is 4.79 Å². The van der Waals surface area contributed by atoms with Crippen LogP contribution < -0.4 is 4.74 Å². The number of benzene rings is 1. The molecular formula is C29H43ClO2. The summed E-state index contributed by atoms with van der Waals surface area (Å²) < 4.78 is 5.76. The number of hydrogen-bond donors (Lipinski definition) is 0. The molecule has 3 fully saturated rings. The van der Waals surface area contributed by atoms with Crippen molar-refractivity contribution in [3.63, 3.8) is 0 Å². The zero-order valence-electron chi connectivity index (χ0n) is 20.1. The van der Waals surface area contributed by atoms with E-state index in [4.69, 9.17) is 16.3 Å². The maximum atomic E-state index is 13.0. The predicted molar refractivity (Wildman–Crippen MR) is 133 cm³/mol. The summed E-state index contributed by atoms with van der Waals surface area (Å²) in [6, 6.07) is 7.19. The second-order valence-corrected chi connectivity index (χ2v) is 11.5. The second kappa shape index (κ2) is 11.9. The molecule has 0 N–H and O–H groups in total. The van der Waals surface area contributed by atoms with Crippen molar-refractivity contribution < 1.29 is 9.53 Å². The van der Waals surface area contributed by atoms with Crippen LogP contribution in [0.25, 0.3) is 0 Å². The van der Waals surface area contributed by atoms with Gasteiger partial charge in [0.15, 0.2) is 0 Å². The molecule has 3 aliphatic carbocycles. The van der Waals surface area contributed by atoms with Gasteiger partial charge in [0.05, 0.1) is 5.92 Å². The number of ether oxygens (including phenoxy) is 1. The summed E-state index contributed by atoms with van der Waals surface area (Å²) in [5.41, 5.74) is 0. The monoisotopic (exact) mass is 458 g/mol. The lowest BCUT2D eigenvalue weighted by molar-refractivity contribution is -0.144. The highest BCUT2D eigenvalue weighted by molar-refractivity contribution is 6.30. The van der Waals surface area contributed by atoms with E-state index in [1.165, 1.54) is 89.9 Å². The van der Waals surface area contributed by atoms with Crippen LogP contribution in [0.2, 0.25) is 5.02 Å². The fourth-order valence-electron chi connectivity index (χ4n) is 7.22. The summed E-state index contributed by atoms with van der Waals surface area (Å²) in [4.78, 5) is 13.0. The lowest BCUT2D eigenvalue weighted by atomic mass is 9.59. The van der Waals surface area contributed by atoms with Gasteiger partial charge in [0.1, 0.15) is 5.75 Å². The molecule has 0 saturated heterocycles. The number of rotatable bonds is 8. The van der Waals surface area contributed by atoms with E-state index in [0.717, 1.165) is 30.1 Å². The van der Waals surface area contributed by atoms with Crippen LogP contribution in [0.1, 0.15) is 103 Å². The highest BCUT2D eigenvalue weighted by Crippen LogP contribution is 2.50. The van der Waals surface area contributed by atoms with Crippen LogP contribution in [-0.4, -0.2) is 5.97 Å². The highest BCUT2D eigenvalue weighted by atomic mass is 35.5. The van der Waals surface area contributed by atoms with Crippen molar-refractivity contribution in [1.82, 2.24) is 0 Å². The molecule has 0 spiro atoms. The third kappa shape index (κ3) is 6.31. The fraction of sp³-hybridized carbons (Fsp3) is 0.759. The van der Waals surface area contributed by atoms with Crippen LogP contribution in [0.4, 0.5) is 0 Å². The van der Waals surface area contributed by atoms with Crippen LogP contribution in [0, 0.1) is 35.5 Å². The van der Waals surface area contributed by atoms with Crippen LogP contribution in [0.15, 0.2) is 24.3 Å². The van der Waals surface area contributed by atoms with E-state index in [1.807, 2.05) is 0 Å². The first-order valence-corrected chi connectivity index (χ1v) is 14.0. The first-order chi connectivity index (χ1) is 15.6. The van der Waals surface area contributed by atoms with E-state index in [9.17, 15) is 4.79 Å². The van der Waals surface area contributed by atoms with Crippen molar-refractivity contribution >= 4 is 17.6 Å². The number of carbonyl (C=O) groups is 1. The molecule has 0 amide bonds. The summed E-state index contributed by atoms with van der Waals surface area (Å²) >= 11 is 5.97. The highest BCUT2D eigenvalue weighted by Gasteiger charge is 2.43. The van der Waals surface area contributed by atoms with Crippen molar-refractivity contribution in [3.05, 3.63) is 29.3 Å². The molecule has 32 heavy (non-hydrogen) atoms. The average molecular weight is 459 g/mol. The van der Waals surface area contributed by atoms with E-state index in [2.05, 4.69) is 6.92 Å². The molecule has 0 aliphatic heterocycles. The van der Waals surface area contributed by atoms with E-state index in [-0.39, 0.29) is 11.9 Å². The first kappa shape index (κ1) is 24.1. The second-order valence-electron chi connectivity index (χ2n) is 11.0. The lowest BCUT2D eigenvalue weighted by Crippen LogP contribution is -2.40. The molecular weight excluding hydrogens is 416 g/mol. The molecule has 4 rings (SSSR count). The zero-order valence-corrected chi connectivity index (χ0v) is 20.8. The van der Waals surface area contributed by atoms with Crippen LogP contribution in [0.5, 0.6) is 5.75 Å². The van der Waals surface area contributed by atoms with Gasteiger partial charge in [0.25, 0.3) is 0 Å². The summed E-state index contributed by atoms with van der Waals surface area (Å²) in [5, 5.41) is 0.673. The Morgan fingerprint density at radius 2 is 1.62 bits per heavy atom. The number of hydrogen-bond acceptors (Lipinski definition) is 2. The predicted octanol–water partition coefficient (Wildman–Crippen LogP) is 8.85. The summed E-state index contributed by atoms with van der Waals surface area (Å²) in [5.74, 6) is 4.83. The van der Waals surface area contributed by atoms with Crippen molar-refractivity contribution in [2.75, 3.05) is 0 Å². The first-order valence-electron chi connectivity index (χ1n) is 13.6. The number of fused-ring (bicyclic) bond motifs is 1. The number of unbranched alkanes of at least 4 members (excludes halogenated alkanes) is 3. The van der Waals surface area contributed by atoms with Gasteiger partial charge in [-0.1, -0.05) is 76.3 Å². The summed E-state index contributed by atoms with van der Waals surface area (Å²) in [6.07, 6.45) is 20.4. The van der Waals surface area contributed by atoms with Crippen LogP contribution in [0.3, 0.4) is 0 Å². The van der Waals surface area contributed by atoms with Gasteiger partial charge in [0.2, 0.25) is 0 Å². The van der Waals surface area contributed by atoms with Gasteiger partial charge in [0, 0.05) is 5.02 Å². The molecule has 4 unspecified atom stereocenters. The minimum atomic E-state index is -0.0101. The van der Waals surface area contributed by atoms with Crippen LogP contribution in [-0.2, 0) is 4.79 Å². The third-order valence-electron chi connectivity index (χ3n) is 9.05. The Morgan fingerprint density at radius 3 is 2.38 bits per heavy atom. The van der Waals surface area contributed by atoms with E-state index >= 15 is 0 Å². The normalized spacial score (nSPS) is 32.8. The third-order valence-corrected chi connectivity index (χ3v) is 9.30. The maximum absolute atomic E-state index is 13.0. The quantitative estimate of drug-likeness (QED) is 0.221. The van der Waals surface area contributed by atoms with Gasteiger partial charge in [-0.15, -0.1) is 0 Å². The average Bonchev–Trinajstić information content (AvgIpc) is 2.83. The minimum Gasteiger partial charge on any atom is -0.426 e. The molecule has 0 radical (unpaired) electrons. The molecule has 178 valence electrons. The molecule has 0 heterocycles. The molecule has 2 nitrogen and oxygen atoms in total. The Bertz CT molecular complexity index is 706. The van der Waals surface area contributed by atoms with Crippen molar-refractivity contribution in [1.29, 1.82) is 0 Å². The molecule has 3 saturated carbocycles. The molecule has 4 atom stereocenters. The van der Waals surface area contributed by atoms with Gasteiger partial charge in [-0.05, 0) is 92.4 Å². The Morgan fingerprint density at radius 1 is 0.875 bits per heavy atom. The Balaban J connectivity index is 1.25. The van der Waals surface area contributed by atoms with Crippen molar-refractivity contribution in [2.45, 2.75) is 103 Å². The Hall–Kier alpha value is -1.02. The van der Waals surface area contributed by atoms with Gasteiger partial charge < -0.3 is 4.74 Å². The van der Waals surface area contributed by atoms with Crippen LogP contribution >= 0.6 is 11.6 Å². The maximum Gasteiger partial charge on any atom is 0.314 e. The van der Waals surface area contributed by atoms with Gasteiger partial charge in [-0.2, -0.15) is 0 Å². The van der Waals surface area contributed by atoms with Crippen molar-refractivity contribution in [3.8, 4) is 5.75 Å². The van der Waals surface area contributed by atoms with E-state index < -0.39 is 0 Å². The molecule has 3 aliphatic rings. The van der Waals surface area contributed by atoms with Gasteiger partial charge in [-0.25, -0.2) is 0 Å². The number of carbonyl (C=O) groups excluding carboxylic acids is 1. The largest absolute Gasteiger partial charge is 0.426 e. The Labute approximate surface area is 200 Å². The molecule has 3 heteroatoms. The topological polar surface area (TPSA) is 26.3 Å².